The van der Waals surface area contributed by atoms with Crippen LogP contribution < -0.4 is 0 Å². The largest absolute Gasteiger partial charge is 0.196 e. The molecule has 0 heterocycles. The molecule has 0 aromatic carbocycles. The van der Waals surface area contributed by atoms with Gasteiger partial charge in [-0.2, -0.15) is 20.8 Å². The summed E-state index contributed by atoms with van der Waals surface area (Å²) in [7, 11) is 0. The van der Waals surface area contributed by atoms with Crippen molar-refractivity contribution < 1.29 is 0 Å². The van der Waals surface area contributed by atoms with E-state index in [0.717, 1.165) is 38.5 Å². The minimum atomic E-state index is -0.802. The Labute approximate surface area is 162 Å². The van der Waals surface area contributed by atoms with Crippen molar-refractivity contribution in [1.82, 2.24) is 0 Å². The number of hydrogen-bond donors (Lipinski definition) is 0. The lowest BCUT2D eigenvalue weighted by atomic mass is 9.95. The van der Waals surface area contributed by atoms with Crippen LogP contribution in [0.15, 0.2) is 10.2 Å². The maximum atomic E-state index is 9.51. The van der Waals surface area contributed by atoms with Crippen molar-refractivity contribution in [2.75, 3.05) is 0 Å². The molecule has 148 valence electrons. The van der Waals surface area contributed by atoms with Gasteiger partial charge in [0.15, 0.2) is 11.1 Å². The fraction of sp³-hybridized carbons (Fsp3) is 0.909. The molecule has 0 saturated carbocycles. The van der Waals surface area contributed by atoms with Gasteiger partial charge in [-0.1, -0.05) is 78.1 Å². The van der Waals surface area contributed by atoms with Crippen LogP contribution in [0.5, 0.6) is 0 Å². The maximum absolute atomic E-state index is 9.51. The molecular formula is C22H40N4. The van der Waals surface area contributed by atoms with E-state index < -0.39 is 11.1 Å². The molecule has 0 spiro atoms. The summed E-state index contributed by atoms with van der Waals surface area (Å²) < 4.78 is 0. The third kappa shape index (κ3) is 12.0. The van der Waals surface area contributed by atoms with Gasteiger partial charge in [0.25, 0.3) is 0 Å². The zero-order valence-corrected chi connectivity index (χ0v) is 17.7. The number of nitrogens with zero attached hydrogens (tertiary/aromatic N) is 4. The van der Waals surface area contributed by atoms with E-state index in [2.05, 4.69) is 36.2 Å². The SMILES string of the molecule is CCCCCCCCC(C)(C#N)N=NC(C)(C#N)CCCCCCCC. The van der Waals surface area contributed by atoms with Crippen LogP contribution in [0, 0.1) is 22.7 Å². The molecule has 0 rings (SSSR count). The molecule has 0 saturated heterocycles. The Morgan fingerprint density at radius 2 is 0.885 bits per heavy atom. The average Bonchev–Trinajstić information content (AvgIpc) is 2.66. The summed E-state index contributed by atoms with van der Waals surface area (Å²) in [5.74, 6) is 0. The molecule has 0 aromatic rings. The average molecular weight is 361 g/mol. The van der Waals surface area contributed by atoms with Gasteiger partial charge in [0.1, 0.15) is 0 Å². The van der Waals surface area contributed by atoms with Gasteiger partial charge in [0.2, 0.25) is 0 Å². The topological polar surface area (TPSA) is 72.3 Å². The van der Waals surface area contributed by atoms with Crippen molar-refractivity contribution in [3.8, 4) is 12.1 Å². The van der Waals surface area contributed by atoms with Crippen LogP contribution in [0.1, 0.15) is 118 Å². The first-order valence-electron chi connectivity index (χ1n) is 10.7. The van der Waals surface area contributed by atoms with Crippen LogP contribution >= 0.6 is 0 Å². The van der Waals surface area contributed by atoms with Crippen LogP contribution in [0.3, 0.4) is 0 Å². The molecule has 2 atom stereocenters. The summed E-state index contributed by atoms with van der Waals surface area (Å²) in [4.78, 5) is 0. The number of nitriles is 2. The van der Waals surface area contributed by atoms with Gasteiger partial charge in [-0.25, -0.2) is 0 Å². The van der Waals surface area contributed by atoms with Crippen LogP contribution in [-0.4, -0.2) is 11.1 Å². The van der Waals surface area contributed by atoms with Crippen LogP contribution in [-0.2, 0) is 0 Å². The van der Waals surface area contributed by atoms with Crippen molar-refractivity contribution in [1.29, 1.82) is 10.5 Å². The van der Waals surface area contributed by atoms with Crippen molar-refractivity contribution in [2.24, 2.45) is 10.2 Å². The second-order valence-electron chi connectivity index (χ2n) is 8.01. The third-order valence-corrected chi connectivity index (χ3v) is 5.01. The van der Waals surface area contributed by atoms with Gasteiger partial charge in [-0.15, -0.1) is 0 Å². The van der Waals surface area contributed by atoms with E-state index in [1.807, 2.05) is 13.8 Å². The van der Waals surface area contributed by atoms with Gasteiger partial charge in [0, 0.05) is 0 Å². The minimum absolute atomic E-state index is 0.720. The summed E-state index contributed by atoms with van der Waals surface area (Å²) in [5, 5.41) is 27.7. The highest BCUT2D eigenvalue weighted by Gasteiger charge is 2.27. The zero-order valence-electron chi connectivity index (χ0n) is 17.7. The Kier molecular flexibility index (Phi) is 13.9. The predicted molar refractivity (Wildman–Crippen MR) is 109 cm³/mol. The molecule has 0 aliphatic carbocycles. The molecule has 0 radical (unpaired) electrons. The molecule has 4 heteroatoms. The molecule has 0 aliphatic rings. The molecule has 0 amide bonds. The summed E-state index contributed by atoms with van der Waals surface area (Å²) >= 11 is 0. The zero-order chi connectivity index (χ0) is 19.7. The highest BCUT2D eigenvalue weighted by molar-refractivity contribution is 5.07. The Hall–Kier alpha value is -1.42. The van der Waals surface area contributed by atoms with E-state index in [1.165, 1.54) is 51.4 Å². The standard InChI is InChI=1S/C22H40N4/c1-5-7-9-11-13-15-17-21(3,19-23)25-26-22(4,20-24)18-16-14-12-10-8-6-2/h5-18H2,1-4H3. The normalized spacial score (nSPS) is 15.9. The van der Waals surface area contributed by atoms with Crippen molar-refractivity contribution in [3.05, 3.63) is 0 Å². The monoisotopic (exact) mass is 360 g/mol. The molecule has 0 aliphatic heterocycles. The third-order valence-electron chi connectivity index (χ3n) is 5.01. The predicted octanol–water partition coefficient (Wildman–Crippen LogP) is 7.50. The lowest BCUT2D eigenvalue weighted by molar-refractivity contribution is 0.422. The Morgan fingerprint density at radius 1 is 0.577 bits per heavy atom. The molecule has 0 bridgehead atoms. The van der Waals surface area contributed by atoms with Gasteiger partial charge in [-0.05, 0) is 39.5 Å². The Bertz CT molecular complexity index is 418. The van der Waals surface area contributed by atoms with E-state index in [4.69, 9.17) is 0 Å². The molecule has 26 heavy (non-hydrogen) atoms. The summed E-state index contributed by atoms with van der Waals surface area (Å²) in [6.07, 6.45) is 15.8. The quantitative estimate of drug-likeness (QED) is 0.211. The van der Waals surface area contributed by atoms with Gasteiger partial charge < -0.3 is 0 Å². The molecular weight excluding hydrogens is 320 g/mol. The summed E-state index contributed by atoms with van der Waals surface area (Å²) in [6, 6.07) is 4.60. The van der Waals surface area contributed by atoms with Crippen molar-refractivity contribution in [2.45, 2.75) is 129 Å². The fourth-order valence-corrected chi connectivity index (χ4v) is 2.98. The summed E-state index contributed by atoms with van der Waals surface area (Å²) in [5.41, 5.74) is -1.60. The molecule has 2 unspecified atom stereocenters. The first kappa shape index (κ1) is 24.6. The number of rotatable bonds is 16. The van der Waals surface area contributed by atoms with Crippen molar-refractivity contribution in [3.63, 3.8) is 0 Å². The molecule has 0 fully saturated rings. The van der Waals surface area contributed by atoms with Crippen LogP contribution in [0.25, 0.3) is 0 Å². The smallest absolute Gasteiger partial charge is 0.164 e. The highest BCUT2D eigenvalue weighted by Crippen LogP contribution is 2.25. The van der Waals surface area contributed by atoms with E-state index in [-0.39, 0.29) is 0 Å². The second kappa shape index (κ2) is 14.7. The number of azo groups is 1. The Balaban J connectivity index is 4.37. The highest BCUT2D eigenvalue weighted by atomic mass is 15.2. The lowest BCUT2D eigenvalue weighted by Crippen LogP contribution is -2.23. The first-order chi connectivity index (χ1) is 12.4. The lowest BCUT2D eigenvalue weighted by Gasteiger charge is -2.19. The van der Waals surface area contributed by atoms with E-state index in [0.29, 0.717) is 0 Å². The number of hydrogen-bond acceptors (Lipinski definition) is 4. The van der Waals surface area contributed by atoms with Crippen LogP contribution in [0.2, 0.25) is 0 Å². The van der Waals surface area contributed by atoms with E-state index in [1.54, 1.807) is 0 Å². The van der Waals surface area contributed by atoms with Crippen molar-refractivity contribution >= 4 is 0 Å². The minimum Gasteiger partial charge on any atom is -0.196 e. The molecule has 0 aromatic heterocycles. The molecule has 0 N–H and O–H groups in total. The number of unbranched alkanes of at least 4 members (excludes halogenated alkanes) is 10. The summed E-state index contributed by atoms with van der Waals surface area (Å²) in [6.45, 7) is 8.10. The van der Waals surface area contributed by atoms with E-state index in [9.17, 15) is 10.5 Å². The first-order valence-corrected chi connectivity index (χ1v) is 10.7. The van der Waals surface area contributed by atoms with Crippen LogP contribution in [0.4, 0.5) is 0 Å². The Morgan fingerprint density at radius 3 is 1.19 bits per heavy atom. The van der Waals surface area contributed by atoms with Gasteiger partial charge >= 0.3 is 0 Å². The fourth-order valence-electron chi connectivity index (χ4n) is 2.98. The second-order valence-corrected chi connectivity index (χ2v) is 8.01. The maximum Gasteiger partial charge on any atom is 0.164 e. The van der Waals surface area contributed by atoms with E-state index >= 15 is 0 Å². The molecule has 4 nitrogen and oxygen atoms in total. The van der Waals surface area contributed by atoms with Gasteiger partial charge in [-0.3, -0.25) is 0 Å². The van der Waals surface area contributed by atoms with Gasteiger partial charge in [0.05, 0.1) is 12.1 Å².